The Morgan fingerprint density at radius 2 is 1.58 bits per heavy atom. The first kappa shape index (κ1) is 14.3. The average Bonchev–Trinajstić information content (AvgIpc) is 2.32. The standard InChI is InChI=1S/C12H6Br2F3NO/c1-5-9(15)10(16)11(17)18-12(5)19-8-3-6(13)2-7(14)4-8/h2-4H,1H3. The summed E-state index contributed by atoms with van der Waals surface area (Å²) in [4.78, 5) is 3.25. The summed E-state index contributed by atoms with van der Waals surface area (Å²) < 4.78 is 46.1. The van der Waals surface area contributed by atoms with Crippen molar-refractivity contribution < 1.29 is 17.9 Å². The molecule has 2 rings (SSSR count). The highest BCUT2D eigenvalue weighted by atomic mass is 79.9. The van der Waals surface area contributed by atoms with E-state index in [1.165, 1.54) is 6.92 Å². The summed E-state index contributed by atoms with van der Waals surface area (Å²) in [6.07, 6.45) is 0. The monoisotopic (exact) mass is 395 g/mol. The van der Waals surface area contributed by atoms with Crippen molar-refractivity contribution in [2.45, 2.75) is 6.92 Å². The highest BCUT2D eigenvalue weighted by molar-refractivity contribution is 9.11. The van der Waals surface area contributed by atoms with Crippen molar-refractivity contribution >= 4 is 31.9 Å². The summed E-state index contributed by atoms with van der Waals surface area (Å²) >= 11 is 6.49. The van der Waals surface area contributed by atoms with Gasteiger partial charge in [0.05, 0.1) is 5.56 Å². The smallest absolute Gasteiger partial charge is 0.255 e. The van der Waals surface area contributed by atoms with Crippen LogP contribution in [0.3, 0.4) is 0 Å². The lowest BCUT2D eigenvalue weighted by molar-refractivity contribution is 0.385. The molecule has 0 unspecified atom stereocenters. The van der Waals surface area contributed by atoms with Gasteiger partial charge in [-0.2, -0.15) is 13.8 Å². The number of rotatable bonds is 2. The molecular formula is C12H6Br2F3NO. The Kier molecular flexibility index (Phi) is 4.15. The molecule has 0 saturated carbocycles. The molecule has 0 aliphatic carbocycles. The molecule has 2 aromatic rings. The van der Waals surface area contributed by atoms with E-state index in [-0.39, 0.29) is 11.4 Å². The predicted molar refractivity (Wildman–Crippen MR) is 70.8 cm³/mol. The number of halogens is 5. The number of hydrogen-bond acceptors (Lipinski definition) is 2. The molecule has 0 aliphatic heterocycles. The summed E-state index contributed by atoms with van der Waals surface area (Å²) in [7, 11) is 0. The Morgan fingerprint density at radius 1 is 1.00 bits per heavy atom. The van der Waals surface area contributed by atoms with E-state index in [4.69, 9.17) is 4.74 Å². The zero-order chi connectivity index (χ0) is 14.2. The van der Waals surface area contributed by atoms with E-state index >= 15 is 0 Å². The maximum atomic E-state index is 13.4. The molecule has 0 radical (unpaired) electrons. The van der Waals surface area contributed by atoms with Gasteiger partial charge >= 0.3 is 0 Å². The van der Waals surface area contributed by atoms with Crippen LogP contribution in [0.4, 0.5) is 13.2 Å². The molecule has 0 saturated heterocycles. The molecule has 0 amide bonds. The minimum absolute atomic E-state index is 0.199. The molecule has 19 heavy (non-hydrogen) atoms. The third kappa shape index (κ3) is 3.09. The van der Waals surface area contributed by atoms with E-state index in [1.54, 1.807) is 18.2 Å². The van der Waals surface area contributed by atoms with E-state index in [0.29, 0.717) is 14.7 Å². The number of pyridine rings is 1. The molecule has 0 N–H and O–H groups in total. The van der Waals surface area contributed by atoms with Crippen molar-refractivity contribution in [3.05, 3.63) is 50.3 Å². The number of benzene rings is 1. The molecular weight excluding hydrogens is 391 g/mol. The summed E-state index contributed by atoms with van der Waals surface area (Å²) in [6, 6.07) is 4.94. The lowest BCUT2D eigenvalue weighted by Gasteiger charge is -2.09. The highest BCUT2D eigenvalue weighted by Crippen LogP contribution is 2.30. The van der Waals surface area contributed by atoms with Gasteiger partial charge in [-0.1, -0.05) is 31.9 Å². The molecule has 0 fully saturated rings. The van der Waals surface area contributed by atoms with Crippen molar-refractivity contribution in [2.24, 2.45) is 0 Å². The zero-order valence-electron chi connectivity index (χ0n) is 9.48. The first-order valence-electron chi connectivity index (χ1n) is 5.03. The van der Waals surface area contributed by atoms with Gasteiger partial charge in [-0.15, -0.1) is 0 Å². The van der Waals surface area contributed by atoms with Crippen LogP contribution >= 0.6 is 31.9 Å². The lowest BCUT2D eigenvalue weighted by atomic mass is 10.3. The maximum absolute atomic E-state index is 13.4. The van der Waals surface area contributed by atoms with Crippen molar-refractivity contribution in [3.63, 3.8) is 0 Å². The molecule has 0 aliphatic rings. The second kappa shape index (κ2) is 5.50. The summed E-state index contributed by atoms with van der Waals surface area (Å²) in [5, 5.41) is 0. The van der Waals surface area contributed by atoms with E-state index in [0.717, 1.165) is 0 Å². The van der Waals surface area contributed by atoms with Gasteiger partial charge in [-0.25, -0.2) is 4.39 Å². The lowest BCUT2D eigenvalue weighted by Crippen LogP contribution is -2.02. The third-order valence-electron chi connectivity index (χ3n) is 2.27. The van der Waals surface area contributed by atoms with Crippen LogP contribution < -0.4 is 4.74 Å². The van der Waals surface area contributed by atoms with Gasteiger partial charge in [0.25, 0.3) is 5.95 Å². The summed E-state index contributed by atoms with van der Waals surface area (Å²) in [5.74, 6) is -4.47. The Morgan fingerprint density at radius 3 is 2.16 bits per heavy atom. The fourth-order valence-corrected chi connectivity index (χ4v) is 2.62. The number of nitrogens with zero attached hydrogens (tertiary/aromatic N) is 1. The van der Waals surface area contributed by atoms with Crippen molar-refractivity contribution in [2.75, 3.05) is 0 Å². The van der Waals surface area contributed by atoms with Gasteiger partial charge in [0.2, 0.25) is 11.7 Å². The quantitative estimate of drug-likeness (QED) is 0.657. The van der Waals surface area contributed by atoms with Crippen LogP contribution in [0.1, 0.15) is 5.56 Å². The van der Waals surface area contributed by atoms with Crippen LogP contribution in [-0.4, -0.2) is 4.98 Å². The van der Waals surface area contributed by atoms with Crippen LogP contribution in [0.2, 0.25) is 0 Å². The fraction of sp³-hybridized carbons (Fsp3) is 0.0833. The minimum Gasteiger partial charge on any atom is -0.438 e. The van der Waals surface area contributed by atoms with E-state index in [1.807, 2.05) is 0 Å². The van der Waals surface area contributed by atoms with Crippen molar-refractivity contribution in [1.82, 2.24) is 4.98 Å². The van der Waals surface area contributed by atoms with Crippen LogP contribution in [0.5, 0.6) is 11.6 Å². The SMILES string of the molecule is Cc1c(Oc2cc(Br)cc(Br)c2)nc(F)c(F)c1F. The summed E-state index contributed by atoms with van der Waals surface area (Å²) in [5.41, 5.74) is -0.199. The van der Waals surface area contributed by atoms with Crippen LogP contribution in [0.15, 0.2) is 27.1 Å². The van der Waals surface area contributed by atoms with E-state index in [9.17, 15) is 13.2 Å². The van der Waals surface area contributed by atoms with Gasteiger partial charge in [0.15, 0.2) is 5.82 Å². The number of aromatic nitrogens is 1. The maximum Gasteiger partial charge on any atom is 0.255 e. The van der Waals surface area contributed by atoms with Gasteiger partial charge < -0.3 is 4.74 Å². The Balaban J connectivity index is 2.44. The Hall–Kier alpha value is -1.08. The molecule has 1 heterocycles. The van der Waals surface area contributed by atoms with Crippen molar-refractivity contribution in [3.8, 4) is 11.6 Å². The summed E-state index contributed by atoms with van der Waals surface area (Å²) in [6.45, 7) is 1.26. The zero-order valence-corrected chi connectivity index (χ0v) is 12.6. The second-order valence-electron chi connectivity index (χ2n) is 3.67. The molecule has 0 spiro atoms. The average molecular weight is 397 g/mol. The highest BCUT2D eigenvalue weighted by Gasteiger charge is 2.19. The van der Waals surface area contributed by atoms with E-state index < -0.39 is 17.6 Å². The first-order valence-corrected chi connectivity index (χ1v) is 6.62. The normalized spacial score (nSPS) is 10.6. The van der Waals surface area contributed by atoms with Gasteiger partial charge in [0, 0.05) is 8.95 Å². The molecule has 7 heteroatoms. The number of ether oxygens (including phenoxy) is 1. The number of hydrogen-bond donors (Lipinski definition) is 0. The molecule has 2 nitrogen and oxygen atoms in total. The van der Waals surface area contributed by atoms with Crippen LogP contribution in [-0.2, 0) is 0 Å². The third-order valence-corrected chi connectivity index (χ3v) is 3.19. The molecule has 1 aromatic heterocycles. The van der Waals surface area contributed by atoms with Gasteiger partial charge in [0.1, 0.15) is 5.75 Å². The van der Waals surface area contributed by atoms with Gasteiger partial charge in [-0.05, 0) is 25.1 Å². The first-order chi connectivity index (χ1) is 8.88. The fourth-order valence-electron chi connectivity index (χ4n) is 1.37. The largest absolute Gasteiger partial charge is 0.438 e. The van der Waals surface area contributed by atoms with Gasteiger partial charge in [-0.3, -0.25) is 0 Å². The predicted octanol–water partition coefficient (Wildman–Crippen LogP) is 5.12. The molecule has 0 bridgehead atoms. The van der Waals surface area contributed by atoms with Crippen LogP contribution in [0.25, 0.3) is 0 Å². The van der Waals surface area contributed by atoms with Crippen LogP contribution in [0, 0.1) is 24.5 Å². The molecule has 0 atom stereocenters. The Labute approximate surface area is 123 Å². The molecule has 1 aromatic carbocycles. The topological polar surface area (TPSA) is 22.1 Å². The van der Waals surface area contributed by atoms with E-state index in [2.05, 4.69) is 36.8 Å². The van der Waals surface area contributed by atoms with Crippen molar-refractivity contribution in [1.29, 1.82) is 0 Å². The minimum atomic E-state index is -1.61. The Bertz CT molecular complexity index is 629. The molecule has 100 valence electrons. The second-order valence-corrected chi connectivity index (χ2v) is 5.50.